The molecule has 3 aromatic rings. The summed E-state index contributed by atoms with van der Waals surface area (Å²) < 4.78 is 5.51. The fourth-order valence-corrected chi connectivity index (χ4v) is 2.77. The van der Waals surface area contributed by atoms with Gasteiger partial charge in [0.1, 0.15) is 5.69 Å². The Morgan fingerprint density at radius 3 is 2.92 bits per heavy atom. The third kappa shape index (κ3) is 4.56. The second-order valence-electron chi connectivity index (χ2n) is 4.75. The molecule has 6 nitrogen and oxygen atoms in total. The monoisotopic (exact) mass is 360 g/mol. The number of benzene rings is 1. The summed E-state index contributed by atoms with van der Waals surface area (Å²) in [5.74, 6) is 0.784. The molecule has 0 unspecified atom stereocenters. The summed E-state index contributed by atoms with van der Waals surface area (Å²) in [4.78, 5) is 16.0. The first-order valence-corrected chi connectivity index (χ1v) is 8.50. The summed E-state index contributed by atoms with van der Waals surface area (Å²) in [6.45, 7) is 0. The summed E-state index contributed by atoms with van der Waals surface area (Å²) in [5.41, 5.74) is 1.29. The Morgan fingerprint density at radius 1 is 1.21 bits per heavy atom. The van der Waals surface area contributed by atoms with Crippen molar-refractivity contribution in [3.63, 3.8) is 0 Å². The van der Waals surface area contributed by atoms with Gasteiger partial charge in [-0.15, -0.1) is 10.2 Å². The lowest BCUT2D eigenvalue weighted by Crippen LogP contribution is -2.12. The van der Waals surface area contributed by atoms with Crippen LogP contribution in [-0.2, 0) is 4.79 Å². The smallest absolute Gasteiger partial charge is 0.276 e. The third-order valence-corrected chi connectivity index (χ3v) is 4.01. The van der Waals surface area contributed by atoms with Crippen LogP contribution in [0, 0.1) is 0 Å². The van der Waals surface area contributed by atoms with Gasteiger partial charge in [-0.1, -0.05) is 35.5 Å². The molecule has 0 aliphatic carbocycles. The number of nitrogens with zero attached hydrogens (tertiary/aromatic N) is 3. The quantitative estimate of drug-likeness (QED) is 0.671. The maximum atomic E-state index is 11.9. The first-order chi connectivity index (χ1) is 11.7. The topological polar surface area (TPSA) is 80.9 Å². The number of amides is 1. The van der Waals surface area contributed by atoms with Crippen molar-refractivity contribution in [2.75, 3.05) is 11.1 Å². The van der Waals surface area contributed by atoms with E-state index in [2.05, 4.69) is 20.5 Å². The molecule has 0 saturated heterocycles. The maximum Gasteiger partial charge on any atom is 0.276 e. The second kappa shape index (κ2) is 7.94. The van der Waals surface area contributed by atoms with Crippen LogP contribution in [0.25, 0.3) is 11.6 Å². The van der Waals surface area contributed by atoms with E-state index in [1.165, 1.54) is 11.8 Å². The van der Waals surface area contributed by atoms with Gasteiger partial charge in [-0.3, -0.25) is 9.78 Å². The number of hydrogen-bond acceptors (Lipinski definition) is 6. The zero-order valence-electron chi connectivity index (χ0n) is 12.5. The van der Waals surface area contributed by atoms with Crippen molar-refractivity contribution in [2.45, 2.75) is 11.6 Å². The SMILES string of the molecule is O=C(CCSc1nnc(-c2ccccn2)o1)Nc1cccc(Cl)c1. The first kappa shape index (κ1) is 16.5. The highest BCUT2D eigenvalue weighted by Gasteiger charge is 2.10. The summed E-state index contributed by atoms with van der Waals surface area (Å²) in [5, 5.41) is 11.7. The Labute approximate surface area is 147 Å². The number of nitrogens with one attached hydrogen (secondary N) is 1. The standard InChI is InChI=1S/C16H13ClN4O2S/c17-11-4-3-5-12(10-11)19-14(22)7-9-24-16-21-20-15(23-16)13-6-1-2-8-18-13/h1-6,8,10H,7,9H2,(H,19,22). The summed E-state index contributed by atoms with van der Waals surface area (Å²) >= 11 is 7.20. The molecular weight excluding hydrogens is 348 g/mol. The summed E-state index contributed by atoms with van der Waals surface area (Å²) in [7, 11) is 0. The van der Waals surface area contributed by atoms with Crippen LogP contribution >= 0.6 is 23.4 Å². The number of anilines is 1. The predicted molar refractivity (Wildman–Crippen MR) is 93.0 cm³/mol. The Balaban J connectivity index is 1.48. The summed E-state index contributed by atoms with van der Waals surface area (Å²) in [6, 6.07) is 12.5. The van der Waals surface area contributed by atoms with Crippen LogP contribution in [-0.4, -0.2) is 26.8 Å². The molecule has 1 aromatic carbocycles. The van der Waals surface area contributed by atoms with Crippen molar-refractivity contribution in [3.8, 4) is 11.6 Å². The molecule has 24 heavy (non-hydrogen) atoms. The minimum absolute atomic E-state index is 0.103. The normalized spacial score (nSPS) is 10.5. The molecule has 8 heteroatoms. The van der Waals surface area contributed by atoms with Gasteiger partial charge in [0, 0.05) is 29.1 Å². The van der Waals surface area contributed by atoms with Crippen LogP contribution in [0.1, 0.15) is 6.42 Å². The fraction of sp³-hybridized carbons (Fsp3) is 0.125. The highest BCUT2D eigenvalue weighted by Crippen LogP contribution is 2.22. The zero-order valence-corrected chi connectivity index (χ0v) is 14.0. The van der Waals surface area contributed by atoms with Gasteiger partial charge < -0.3 is 9.73 Å². The Hall–Kier alpha value is -2.38. The molecule has 2 aromatic heterocycles. The van der Waals surface area contributed by atoms with Crippen LogP contribution in [0.2, 0.25) is 5.02 Å². The fourth-order valence-electron chi connectivity index (χ4n) is 1.88. The van der Waals surface area contributed by atoms with Gasteiger partial charge in [0.05, 0.1) is 0 Å². The van der Waals surface area contributed by atoms with E-state index in [1.807, 2.05) is 12.1 Å². The number of rotatable bonds is 6. The van der Waals surface area contributed by atoms with Crippen molar-refractivity contribution in [3.05, 3.63) is 53.7 Å². The Kier molecular flexibility index (Phi) is 5.45. The maximum absolute atomic E-state index is 11.9. The number of thioether (sulfide) groups is 1. The minimum Gasteiger partial charge on any atom is -0.410 e. The molecule has 0 spiro atoms. The molecule has 1 amide bonds. The van der Waals surface area contributed by atoms with Crippen molar-refractivity contribution in [1.29, 1.82) is 0 Å². The van der Waals surface area contributed by atoms with E-state index in [1.54, 1.807) is 36.5 Å². The van der Waals surface area contributed by atoms with E-state index in [4.69, 9.17) is 16.0 Å². The zero-order chi connectivity index (χ0) is 16.8. The molecule has 0 aliphatic heterocycles. The van der Waals surface area contributed by atoms with Gasteiger partial charge >= 0.3 is 0 Å². The van der Waals surface area contributed by atoms with Crippen LogP contribution in [0.4, 0.5) is 5.69 Å². The van der Waals surface area contributed by atoms with Crippen molar-refractivity contribution in [1.82, 2.24) is 15.2 Å². The van der Waals surface area contributed by atoms with E-state index in [9.17, 15) is 4.79 Å². The Bertz CT molecular complexity index is 826. The van der Waals surface area contributed by atoms with Crippen molar-refractivity contribution in [2.24, 2.45) is 0 Å². The van der Waals surface area contributed by atoms with Gasteiger partial charge in [0.2, 0.25) is 5.91 Å². The molecule has 3 rings (SSSR count). The molecule has 2 heterocycles. The molecule has 1 N–H and O–H groups in total. The van der Waals surface area contributed by atoms with Crippen LogP contribution in [0.15, 0.2) is 58.3 Å². The van der Waals surface area contributed by atoms with Crippen LogP contribution in [0.5, 0.6) is 0 Å². The van der Waals surface area contributed by atoms with E-state index < -0.39 is 0 Å². The summed E-state index contributed by atoms with van der Waals surface area (Å²) in [6.07, 6.45) is 1.98. The van der Waals surface area contributed by atoms with Gasteiger partial charge in [-0.2, -0.15) is 0 Å². The van der Waals surface area contributed by atoms with E-state index in [-0.39, 0.29) is 5.91 Å². The highest BCUT2D eigenvalue weighted by molar-refractivity contribution is 7.99. The largest absolute Gasteiger partial charge is 0.410 e. The van der Waals surface area contributed by atoms with Crippen LogP contribution < -0.4 is 5.32 Å². The van der Waals surface area contributed by atoms with E-state index >= 15 is 0 Å². The molecule has 0 atom stereocenters. The molecular formula is C16H13ClN4O2S. The average molecular weight is 361 g/mol. The first-order valence-electron chi connectivity index (χ1n) is 7.14. The lowest BCUT2D eigenvalue weighted by molar-refractivity contribution is -0.115. The number of carbonyl (C=O) groups is 1. The molecule has 0 bridgehead atoms. The highest BCUT2D eigenvalue weighted by atomic mass is 35.5. The number of hydrogen-bond donors (Lipinski definition) is 1. The van der Waals surface area contributed by atoms with Crippen molar-refractivity contribution >= 4 is 35.0 Å². The lowest BCUT2D eigenvalue weighted by Gasteiger charge is -2.04. The molecule has 122 valence electrons. The average Bonchev–Trinajstić information content (AvgIpc) is 3.04. The molecule has 0 radical (unpaired) electrons. The molecule has 0 fully saturated rings. The van der Waals surface area contributed by atoms with Crippen molar-refractivity contribution < 1.29 is 9.21 Å². The van der Waals surface area contributed by atoms with Crippen LogP contribution in [0.3, 0.4) is 0 Å². The number of aromatic nitrogens is 3. The van der Waals surface area contributed by atoms with Gasteiger partial charge in [-0.25, -0.2) is 0 Å². The number of pyridine rings is 1. The lowest BCUT2D eigenvalue weighted by atomic mass is 10.3. The molecule has 0 aliphatic rings. The van der Waals surface area contributed by atoms with Gasteiger partial charge in [0.25, 0.3) is 11.1 Å². The van der Waals surface area contributed by atoms with E-state index in [0.29, 0.717) is 39.7 Å². The van der Waals surface area contributed by atoms with Gasteiger partial charge in [-0.05, 0) is 30.3 Å². The Morgan fingerprint density at radius 2 is 2.12 bits per heavy atom. The number of carbonyl (C=O) groups excluding carboxylic acids is 1. The van der Waals surface area contributed by atoms with E-state index in [0.717, 1.165) is 0 Å². The molecule has 0 saturated carbocycles. The minimum atomic E-state index is -0.103. The second-order valence-corrected chi connectivity index (χ2v) is 6.23. The predicted octanol–water partition coefficient (Wildman–Crippen LogP) is 3.91. The number of halogens is 1. The third-order valence-electron chi connectivity index (χ3n) is 2.95. The van der Waals surface area contributed by atoms with Gasteiger partial charge in [0.15, 0.2) is 0 Å².